The van der Waals surface area contributed by atoms with Crippen molar-refractivity contribution in [1.82, 2.24) is 10.1 Å². The molecule has 0 amide bonds. The maximum Gasteiger partial charge on any atom is 0.339 e. The molecule has 1 aromatic heterocycles. The van der Waals surface area contributed by atoms with Gasteiger partial charge in [-0.1, -0.05) is 41.6 Å². The van der Waals surface area contributed by atoms with E-state index in [1.807, 2.05) is 42.5 Å². The molecule has 0 N–H and O–H groups in total. The zero-order valence-corrected chi connectivity index (χ0v) is 13.1. The van der Waals surface area contributed by atoms with Gasteiger partial charge in [-0.15, -0.1) is 0 Å². The van der Waals surface area contributed by atoms with Crippen molar-refractivity contribution in [3.63, 3.8) is 0 Å². The first-order valence-electron chi connectivity index (χ1n) is 7.44. The Balaban J connectivity index is 1.65. The molecule has 0 saturated heterocycles. The van der Waals surface area contributed by atoms with Gasteiger partial charge in [-0.3, -0.25) is 0 Å². The molecule has 0 bridgehead atoms. The van der Waals surface area contributed by atoms with Gasteiger partial charge in [-0.25, -0.2) is 4.79 Å². The quantitative estimate of drug-likeness (QED) is 0.648. The molecule has 122 valence electrons. The highest BCUT2D eigenvalue weighted by atomic mass is 16.6. The third-order valence-electron chi connectivity index (χ3n) is 3.27. The van der Waals surface area contributed by atoms with E-state index in [1.54, 1.807) is 19.1 Å². The SMILES string of the molecule is Cc1noc(COC(=O)c2ccccc2COc2ccccc2)n1. The predicted molar refractivity (Wildman–Crippen MR) is 85.4 cm³/mol. The van der Waals surface area contributed by atoms with E-state index in [0.717, 1.165) is 11.3 Å². The van der Waals surface area contributed by atoms with Gasteiger partial charge in [-0.05, 0) is 25.1 Å². The largest absolute Gasteiger partial charge is 0.489 e. The lowest BCUT2D eigenvalue weighted by atomic mass is 10.1. The standard InChI is InChI=1S/C18H16N2O4/c1-13-19-17(24-20-13)12-23-18(21)16-10-6-5-7-14(16)11-22-15-8-3-2-4-9-15/h2-10H,11-12H2,1H3. The number of rotatable bonds is 6. The summed E-state index contributed by atoms with van der Waals surface area (Å²) in [5.41, 5.74) is 1.19. The van der Waals surface area contributed by atoms with Crippen molar-refractivity contribution in [2.75, 3.05) is 0 Å². The molecule has 0 spiro atoms. The molecule has 0 saturated carbocycles. The molecule has 0 unspecified atom stereocenters. The number of carbonyl (C=O) groups is 1. The van der Waals surface area contributed by atoms with Crippen LogP contribution in [0, 0.1) is 6.92 Å². The molecule has 0 aliphatic rings. The summed E-state index contributed by atoms with van der Waals surface area (Å²) in [6, 6.07) is 16.6. The summed E-state index contributed by atoms with van der Waals surface area (Å²) in [5.74, 6) is 1.04. The van der Waals surface area contributed by atoms with Crippen molar-refractivity contribution < 1.29 is 18.8 Å². The molecule has 6 heteroatoms. The molecule has 0 atom stereocenters. The van der Waals surface area contributed by atoms with E-state index in [-0.39, 0.29) is 19.1 Å². The zero-order chi connectivity index (χ0) is 16.8. The van der Waals surface area contributed by atoms with Gasteiger partial charge >= 0.3 is 5.97 Å². The van der Waals surface area contributed by atoms with E-state index < -0.39 is 5.97 Å². The lowest BCUT2D eigenvalue weighted by molar-refractivity contribution is 0.0427. The number of aromatic nitrogens is 2. The molecule has 0 radical (unpaired) electrons. The van der Waals surface area contributed by atoms with Crippen molar-refractivity contribution in [2.24, 2.45) is 0 Å². The first-order valence-corrected chi connectivity index (χ1v) is 7.44. The summed E-state index contributed by atoms with van der Waals surface area (Å²) < 4.78 is 15.9. The van der Waals surface area contributed by atoms with Crippen molar-refractivity contribution >= 4 is 5.97 Å². The molecular weight excluding hydrogens is 308 g/mol. The molecule has 6 nitrogen and oxygen atoms in total. The molecule has 3 rings (SSSR count). The van der Waals surface area contributed by atoms with Crippen LogP contribution in [0.4, 0.5) is 0 Å². The molecular formula is C18H16N2O4. The fraction of sp³-hybridized carbons (Fsp3) is 0.167. The van der Waals surface area contributed by atoms with Gasteiger partial charge in [0, 0.05) is 5.56 Å². The molecule has 24 heavy (non-hydrogen) atoms. The van der Waals surface area contributed by atoms with Crippen LogP contribution in [0.3, 0.4) is 0 Å². The highest BCUT2D eigenvalue weighted by Gasteiger charge is 2.14. The van der Waals surface area contributed by atoms with E-state index in [0.29, 0.717) is 11.4 Å². The maximum absolute atomic E-state index is 12.3. The highest BCUT2D eigenvalue weighted by molar-refractivity contribution is 5.91. The third kappa shape index (κ3) is 3.98. The van der Waals surface area contributed by atoms with Crippen molar-refractivity contribution in [3.05, 3.63) is 77.4 Å². The van der Waals surface area contributed by atoms with Crippen LogP contribution in [0.2, 0.25) is 0 Å². The molecule has 3 aromatic rings. The van der Waals surface area contributed by atoms with Crippen LogP contribution < -0.4 is 4.74 Å². The van der Waals surface area contributed by atoms with Crippen LogP contribution in [-0.2, 0) is 18.0 Å². The Kier molecular flexibility index (Phi) is 4.86. The Morgan fingerprint density at radius 3 is 2.54 bits per heavy atom. The summed E-state index contributed by atoms with van der Waals surface area (Å²) in [5, 5.41) is 3.65. The second-order valence-electron chi connectivity index (χ2n) is 5.07. The van der Waals surface area contributed by atoms with Crippen LogP contribution in [-0.4, -0.2) is 16.1 Å². The Morgan fingerprint density at radius 1 is 1.04 bits per heavy atom. The van der Waals surface area contributed by atoms with Crippen LogP contribution in [0.25, 0.3) is 0 Å². The van der Waals surface area contributed by atoms with E-state index in [2.05, 4.69) is 10.1 Å². The summed E-state index contributed by atoms with van der Waals surface area (Å²) in [6.45, 7) is 1.91. The van der Waals surface area contributed by atoms with E-state index in [9.17, 15) is 4.79 Å². The fourth-order valence-electron chi connectivity index (χ4n) is 2.13. The minimum Gasteiger partial charge on any atom is -0.489 e. The van der Waals surface area contributed by atoms with E-state index >= 15 is 0 Å². The smallest absolute Gasteiger partial charge is 0.339 e. The molecule has 0 fully saturated rings. The first-order chi connectivity index (χ1) is 11.7. The number of hydrogen-bond donors (Lipinski definition) is 0. The minimum atomic E-state index is -0.460. The second kappa shape index (κ2) is 7.41. The Morgan fingerprint density at radius 2 is 1.79 bits per heavy atom. The zero-order valence-electron chi connectivity index (χ0n) is 13.1. The van der Waals surface area contributed by atoms with Crippen molar-refractivity contribution in [1.29, 1.82) is 0 Å². The second-order valence-corrected chi connectivity index (χ2v) is 5.07. The summed E-state index contributed by atoms with van der Waals surface area (Å²) in [4.78, 5) is 16.3. The number of esters is 1. The van der Waals surface area contributed by atoms with Crippen molar-refractivity contribution in [2.45, 2.75) is 20.1 Å². The van der Waals surface area contributed by atoms with Gasteiger partial charge in [0.1, 0.15) is 12.4 Å². The van der Waals surface area contributed by atoms with Crippen molar-refractivity contribution in [3.8, 4) is 5.75 Å². The van der Waals surface area contributed by atoms with E-state index in [4.69, 9.17) is 14.0 Å². The monoisotopic (exact) mass is 324 g/mol. The average molecular weight is 324 g/mol. The van der Waals surface area contributed by atoms with Gasteiger partial charge in [0.05, 0.1) is 5.56 Å². The molecule has 1 heterocycles. The summed E-state index contributed by atoms with van der Waals surface area (Å²) >= 11 is 0. The van der Waals surface area contributed by atoms with Gasteiger partial charge < -0.3 is 14.0 Å². The van der Waals surface area contributed by atoms with Crippen LogP contribution in [0.5, 0.6) is 5.75 Å². The highest BCUT2D eigenvalue weighted by Crippen LogP contribution is 2.16. The Bertz CT molecular complexity index is 815. The minimum absolute atomic E-state index is 0.0620. The van der Waals surface area contributed by atoms with Crippen LogP contribution >= 0.6 is 0 Å². The number of ether oxygens (including phenoxy) is 2. The number of para-hydroxylation sites is 1. The topological polar surface area (TPSA) is 74.5 Å². The molecule has 2 aromatic carbocycles. The normalized spacial score (nSPS) is 10.4. The molecule has 0 aliphatic heterocycles. The van der Waals surface area contributed by atoms with Gasteiger partial charge in [0.25, 0.3) is 5.89 Å². The number of carbonyl (C=O) groups excluding carboxylic acids is 1. The van der Waals surface area contributed by atoms with Crippen LogP contribution in [0.15, 0.2) is 59.1 Å². The Labute approximate surface area is 139 Å². The summed E-state index contributed by atoms with van der Waals surface area (Å²) in [7, 11) is 0. The third-order valence-corrected chi connectivity index (χ3v) is 3.27. The first kappa shape index (κ1) is 15.7. The van der Waals surface area contributed by atoms with Crippen LogP contribution in [0.1, 0.15) is 27.6 Å². The average Bonchev–Trinajstić information content (AvgIpc) is 3.04. The lowest BCUT2D eigenvalue weighted by Gasteiger charge is -2.10. The van der Waals surface area contributed by atoms with E-state index in [1.165, 1.54) is 0 Å². The number of aryl methyl sites for hydroxylation is 1. The maximum atomic E-state index is 12.3. The number of nitrogens with zero attached hydrogens (tertiary/aromatic N) is 2. The predicted octanol–water partition coefficient (Wildman–Crippen LogP) is 3.31. The molecule has 0 aliphatic carbocycles. The number of benzene rings is 2. The fourth-order valence-corrected chi connectivity index (χ4v) is 2.13. The number of hydrogen-bond acceptors (Lipinski definition) is 6. The van der Waals surface area contributed by atoms with Gasteiger partial charge in [0.15, 0.2) is 12.4 Å². The lowest BCUT2D eigenvalue weighted by Crippen LogP contribution is -2.10. The summed E-state index contributed by atoms with van der Waals surface area (Å²) in [6.07, 6.45) is 0. The van der Waals surface area contributed by atoms with Gasteiger partial charge in [-0.2, -0.15) is 4.98 Å². The Hall–Kier alpha value is -3.15. The van der Waals surface area contributed by atoms with Gasteiger partial charge in [0.2, 0.25) is 0 Å².